The minimum atomic E-state index is -1.26. The molecule has 1 aliphatic carbocycles. The average Bonchev–Trinajstić information content (AvgIpc) is 3.42. The number of likely N-dealkylation sites (tertiary alicyclic amines) is 1. The molecule has 0 aromatic carbocycles. The van der Waals surface area contributed by atoms with Gasteiger partial charge in [-0.2, -0.15) is 0 Å². The molecule has 2 aliphatic heterocycles. The number of carboxylic acid groups (broad SMARTS) is 1. The number of carbonyl (C=O) groups is 1. The van der Waals surface area contributed by atoms with Gasteiger partial charge in [-0.25, -0.2) is 9.18 Å². The number of aromatic carboxylic acids is 1. The van der Waals surface area contributed by atoms with Crippen LogP contribution in [0.3, 0.4) is 0 Å². The summed E-state index contributed by atoms with van der Waals surface area (Å²) < 4.78 is 16.5. The molecule has 4 heterocycles. The predicted octanol–water partition coefficient (Wildman–Crippen LogP) is 2.85. The topological polar surface area (TPSA) is 65.3 Å². The first-order valence-electron chi connectivity index (χ1n) is 10.4. The quantitative estimate of drug-likeness (QED) is 0.860. The lowest BCUT2D eigenvalue weighted by Gasteiger charge is -2.33. The maximum absolute atomic E-state index is 15.3. The molecule has 0 bridgehead atoms. The van der Waals surface area contributed by atoms with E-state index in [1.807, 2.05) is 6.92 Å². The van der Waals surface area contributed by atoms with Gasteiger partial charge in [0.15, 0.2) is 5.82 Å². The molecule has 0 amide bonds. The molecule has 1 N–H and O–H groups in total. The van der Waals surface area contributed by atoms with E-state index in [1.165, 1.54) is 23.1 Å². The van der Waals surface area contributed by atoms with E-state index in [9.17, 15) is 14.7 Å². The molecule has 3 aliphatic rings. The standard InChI is InChI=1S/C22H26FN3O3/c1-12-19-15(13-5-6-13)8-16(22(28)29)21(27)26(19)10-17(23)20(12)25-9-14-4-3-7-24(2)18(14)11-25/h8,10,13-14,18H,3-7,9,11H2,1-2H3,(H,28,29). The molecule has 5 rings (SSSR count). The first-order chi connectivity index (χ1) is 13.9. The van der Waals surface area contributed by atoms with Gasteiger partial charge in [0, 0.05) is 19.1 Å². The Morgan fingerprint density at radius 2 is 2.00 bits per heavy atom. The van der Waals surface area contributed by atoms with Crippen LogP contribution in [0.25, 0.3) is 5.52 Å². The van der Waals surface area contributed by atoms with Crippen LogP contribution in [0.4, 0.5) is 10.1 Å². The predicted molar refractivity (Wildman–Crippen MR) is 109 cm³/mol. The number of piperidine rings is 1. The summed E-state index contributed by atoms with van der Waals surface area (Å²) in [6, 6.07) is 1.95. The molecule has 0 radical (unpaired) electrons. The van der Waals surface area contributed by atoms with Crippen molar-refractivity contribution in [2.24, 2.45) is 5.92 Å². The van der Waals surface area contributed by atoms with Gasteiger partial charge in [0.05, 0.1) is 17.4 Å². The normalized spacial score (nSPS) is 24.9. The highest BCUT2D eigenvalue weighted by atomic mass is 19.1. The Hall–Kier alpha value is -2.41. The second kappa shape index (κ2) is 6.55. The van der Waals surface area contributed by atoms with Crippen LogP contribution >= 0.6 is 0 Å². The Kier molecular flexibility index (Phi) is 4.21. The lowest BCUT2D eigenvalue weighted by Crippen LogP contribution is -2.42. The summed E-state index contributed by atoms with van der Waals surface area (Å²) in [5, 5.41) is 9.44. The average molecular weight is 399 g/mol. The zero-order valence-corrected chi connectivity index (χ0v) is 16.8. The largest absolute Gasteiger partial charge is 0.477 e. The summed E-state index contributed by atoms with van der Waals surface area (Å²) in [6.45, 7) is 4.54. The maximum Gasteiger partial charge on any atom is 0.341 e. The number of carboxylic acids is 1. The van der Waals surface area contributed by atoms with Crippen molar-refractivity contribution in [1.29, 1.82) is 0 Å². The molecule has 2 aromatic rings. The summed E-state index contributed by atoms with van der Waals surface area (Å²) in [5.41, 5.74) is 1.89. The van der Waals surface area contributed by atoms with Crippen LogP contribution in [-0.2, 0) is 0 Å². The summed E-state index contributed by atoms with van der Waals surface area (Å²) in [7, 11) is 2.14. The van der Waals surface area contributed by atoms with E-state index in [4.69, 9.17) is 0 Å². The number of fused-ring (bicyclic) bond motifs is 2. The van der Waals surface area contributed by atoms with Crippen molar-refractivity contribution in [2.45, 2.75) is 44.6 Å². The summed E-state index contributed by atoms with van der Waals surface area (Å²) in [4.78, 5) is 28.8. The molecule has 2 atom stereocenters. The van der Waals surface area contributed by atoms with Crippen LogP contribution in [0, 0.1) is 18.7 Å². The van der Waals surface area contributed by atoms with Crippen LogP contribution in [0.1, 0.15) is 53.1 Å². The summed E-state index contributed by atoms with van der Waals surface area (Å²) in [5.74, 6) is -0.945. The first kappa shape index (κ1) is 18.6. The third kappa shape index (κ3) is 2.86. The Morgan fingerprint density at radius 1 is 1.24 bits per heavy atom. The fraction of sp³-hybridized carbons (Fsp3) is 0.545. The van der Waals surface area contributed by atoms with Gasteiger partial charge in [-0.15, -0.1) is 0 Å². The number of hydrogen-bond acceptors (Lipinski definition) is 4. The Balaban J connectivity index is 1.68. The van der Waals surface area contributed by atoms with E-state index in [2.05, 4.69) is 16.8 Å². The third-order valence-corrected chi connectivity index (χ3v) is 7.06. The summed E-state index contributed by atoms with van der Waals surface area (Å²) >= 11 is 0. The first-order valence-corrected chi connectivity index (χ1v) is 10.4. The van der Waals surface area contributed by atoms with Gasteiger partial charge in [0.1, 0.15) is 5.56 Å². The lowest BCUT2D eigenvalue weighted by molar-refractivity contribution is 0.0694. The van der Waals surface area contributed by atoms with E-state index < -0.39 is 17.3 Å². The Bertz CT molecular complexity index is 1080. The molecule has 2 saturated heterocycles. The van der Waals surface area contributed by atoms with Crippen molar-refractivity contribution < 1.29 is 14.3 Å². The van der Waals surface area contributed by atoms with Crippen molar-refractivity contribution in [3.05, 3.63) is 45.1 Å². The smallest absolute Gasteiger partial charge is 0.341 e. The number of anilines is 1. The second-order valence-electron chi connectivity index (χ2n) is 8.92. The van der Waals surface area contributed by atoms with Crippen LogP contribution in [0.2, 0.25) is 0 Å². The SMILES string of the molecule is Cc1c(N2CC3CCCN(C)C3C2)c(F)cn2c(=O)c(C(=O)O)cc(C3CC3)c12. The number of aromatic nitrogens is 1. The molecule has 29 heavy (non-hydrogen) atoms. The van der Waals surface area contributed by atoms with Gasteiger partial charge in [0.2, 0.25) is 0 Å². The van der Waals surface area contributed by atoms with Gasteiger partial charge >= 0.3 is 5.97 Å². The molecule has 3 fully saturated rings. The number of likely N-dealkylation sites (N-methyl/N-ethyl adjacent to an activating group) is 1. The highest BCUT2D eigenvalue weighted by molar-refractivity contribution is 5.89. The van der Waals surface area contributed by atoms with Crippen LogP contribution in [0.15, 0.2) is 17.1 Å². The fourth-order valence-corrected chi connectivity index (χ4v) is 5.48. The van der Waals surface area contributed by atoms with Gasteiger partial charge in [-0.05, 0) is 75.2 Å². The van der Waals surface area contributed by atoms with Gasteiger partial charge in [-0.1, -0.05) is 0 Å². The molecular weight excluding hydrogens is 373 g/mol. The highest BCUT2D eigenvalue weighted by Gasteiger charge is 2.39. The van der Waals surface area contributed by atoms with E-state index in [0.29, 0.717) is 23.2 Å². The minimum absolute atomic E-state index is 0.244. The third-order valence-electron chi connectivity index (χ3n) is 7.06. The zero-order chi connectivity index (χ0) is 20.4. The fourth-order valence-electron chi connectivity index (χ4n) is 5.48. The number of halogens is 1. The van der Waals surface area contributed by atoms with Crippen molar-refractivity contribution in [2.75, 3.05) is 31.6 Å². The number of pyridine rings is 2. The molecule has 6 nitrogen and oxygen atoms in total. The van der Waals surface area contributed by atoms with E-state index in [1.54, 1.807) is 0 Å². The van der Waals surface area contributed by atoms with Gasteiger partial charge in [0.25, 0.3) is 5.56 Å². The van der Waals surface area contributed by atoms with Crippen LogP contribution < -0.4 is 10.5 Å². The molecule has 2 aromatic heterocycles. The summed E-state index contributed by atoms with van der Waals surface area (Å²) in [6.07, 6.45) is 5.47. The van der Waals surface area contributed by atoms with Gasteiger partial charge in [-0.3, -0.25) is 9.20 Å². The zero-order valence-electron chi connectivity index (χ0n) is 16.8. The van der Waals surface area contributed by atoms with E-state index in [-0.39, 0.29) is 11.5 Å². The van der Waals surface area contributed by atoms with Crippen molar-refractivity contribution in [1.82, 2.24) is 9.30 Å². The molecule has 1 saturated carbocycles. The maximum atomic E-state index is 15.3. The molecule has 2 unspecified atom stereocenters. The lowest BCUT2D eigenvalue weighted by atomic mass is 9.93. The minimum Gasteiger partial charge on any atom is -0.477 e. The molecule has 0 spiro atoms. The van der Waals surface area contributed by atoms with Crippen LogP contribution in [-0.4, -0.2) is 53.1 Å². The van der Waals surface area contributed by atoms with E-state index in [0.717, 1.165) is 50.0 Å². The van der Waals surface area contributed by atoms with Crippen molar-refractivity contribution in [3.63, 3.8) is 0 Å². The van der Waals surface area contributed by atoms with Crippen molar-refractivity contribution in [3.8, 4) is 0 Å². The van der Waals surface area contributed by atoms with Crippen molar-refractivity contribution >= 4 is 17.2 Å². The molecule has 154 valence electrons. The number of nitrogens with zero attached hydrogens (tertiary/aromatic N) is 3. The monoisotopic (exact) mass is 399 g/mol. The number of aryl methyl sites for hydroxylation is 1. The van der Waals surface area contributed by atoms with E-state index >= 15 is 4.39 Å². The highest BCUT2D eigenvalue weighted by Crippen LogP contribution is 2.44. The second-order valence-corrected chi connectivity index (χ2v) is 8.92. The number of rotatable bonds is 3. The number of hydrogen-bond donors (Lipinski definition) is 1. The Labute approximate surface area is 168 Å². The Morgan fingerprint density at radius 3 is 2.66 bits per heavy atom. The van der Waals surface area contributed by atoms with Gasteiger partial charge < -0.3 is 14.9 Å². The molecule has 7 heteroatoms. The van der Waals surface area contributed by atoms with Crippen LogP contribution in [0.5, 0.6) is 0 Å². The molecular formula is C22H26FN3O3.